The van der Waals surface area contributed by atoms with Gasteiger partial charge in [-0.2, -0.15) is 0 Å². The predicted molar refractivity (Wildman–Crippen MR) is 38.7 cm³/mol. The number of aromatic nitrogens is 2. The molecule has 1 aromatic heterocycles. The number of ether oxygens (including phenoxy) is 1. The summed E-state index contributed by atoms with van der Waals surface area (Å²) < 4.78 is 6.53. The van der Waals surface area contributed by atoms with Crippen molar-refractivity contribution in [3.8, 4) is 0 Å². The molecule has 11 heavy (non-hydrogen) atoms. The topological polar surface area (TPSA) is 44.1 Å². The van der Waals surface area contributed by atoms with Crippen molar-refractivity contribution < 1.29 is 9.53 Å². The first-order chi connectivity index (χ1) is 5.17. The van der Waals surface area contributed by atoms with Gasteiger partial charge in [-0.1, -0.05) is 0 Å². The average Bonchev–Trinajstić information content (AvgIpc) is 2.37. The molecule has 0 aliphatic carbocycles. The van der Waals surface area contributed by atoms with E-state index in [2.05, 4.69) is 4.98 Å². The Labute approximate surface area is 64.8 Å². The molecule has 4 heteroatoms. The number of hydrogen-bond donors (Lipinski definition) is 0. The zero-order chi connectivity index (χ0) is 8.32. The maximum absolute atomic E-state index is 10.1. The number of imidazole rings is 1. The van der Waals surface area contributed by atoms with E-state index < -0.39 is 5.72 Å². The predicted octanol–water partition coefficient (Wildman–Crippen LogP) is 0.749. The maximum atomic E-state index is 10.1. The normalized spacial score (nSPS) is 11.1. The monoisotopic (exact) mass is 154 g/mol. The van der Waals surface area contributed by atoms with Gasteiger partial charge in [-0.25, -0.2) is 4.98 Å². The summed E-state index contributed by atoms with van der Waals surface area (Å²) in [6.07, 6.45) is 4.98. The van der Waals surface area contributed by atoms with Gasteiger partial charge in [-0.3, -0.25) is 9.36 Å². The summed E-state index contributed by atoms with van der Waals surface area (Å²) >= 11 is 0. The molecule has 0 saturated heterocycles. The van der Waals surface area contributed by atoms with Crippen molar-refractivity contribution >= 4 is 6.47 Å². The molecule has 0 atom stereocenters. The van der Waals surface area contributed by atoms with Gasteiger partial charge < -0.3 is 4.74 Å². The minimum atomic E-state index is -0.641. The second kappa shape index (κ2) is 2.74. The van der Waals surface area contributed by atoms with E-state index in [9.17, 15) is 4.79 Å². The van der Waals surface area contributed by atoms with Gasteiger partial charge in [0.15, 0.2) is 5.72 Å². The van der Waals surface area contributed by atoms with Gasteiger partial charge in [0.2, 0.25) is 0 Å². The number of carbonyl (C=O) groups is 1. The molecule has 60 valence electrons. The highest BCUT2D eigenvalue weighted by atomic mass is 16.6. The minimum absolute atomic E-state index is 0.431. The first kappa shape index (κ1) is 7.78. The van der Waals surface area contributed by atoms with Crippen LogP contribution in [0.1, 0.15) is 13.8 Å². The standard InChI is InChI=1S/C7H10N2O2/c1-7(2,11-6-10)9-4-3-8-5-9/h3-6H,1-2H3. The quantitative estimate of drug-likeness (QED) is 0.603. The van der Waals surface area contributed by atoms with Gasteiger partial charge in [-0.05, 0) is 13.8 Å². The summed E-state index contributed by atoms with van der Waals surface area (Å²) in [6.45, 7) is 3.99. The lowest BCUT2D eigenvalue weighted by molar-refractivity contribution is -0.149. The summed E-state index contributed by atoms with van der Waals surface area (Å²) in [7, 11) is 0. The Morgan fingerprint density at radius 1 is 1.64 bits per heavy atom. The second-order valence-corrected chi connectivity index (χ2v) is 2.63. The zero-order valence-corrected chi connectivity index (χ0v) is 6.52. The van der Waals surface area contributed by atoms with Crippen LogP contribution in [-0.4, -0.2) is 16.0 Å². The molecule has 1 aromatic rings. The Morgan fingerprint density at radius 3 is 2.82 bits per heavy atom. The summed E-state index contributed by atoms with van der Waals surface area (Å²) in [5, 5.41) is 0. The van der Waals surface area contributed by atoms with Crippen molar-refractivity contribution in [3.05, 3.63) is 18.7 Å². The van der Waals surface area contributed by atoms with Crippen LogP contribution in [0.5, 0.6) is 0 Å². The molecule has 1 heterocycles. The molecule has 0 saturated carbocycles. The number of carbonyl (C=O) groups excluding carboxylic acids is 1. The molecule has 1 rings (SSSR count). The molecule has 0 radical (unpaired) electrons. The van der Waals surface area contributed by atoms with E-state index in [4.69, 9.17) is 4.74 Å². The Hall–Kier alpha value is -1.32. The largest absolute Gasteiger partial charge is 0.441 e. The maximum Gasteiger partial charge on any atom is 0.295 e. The Balaban J connectivity index is 2.81. The molecular formula is C7H10N2O2. The lowest BCUT2D eigenvalue weighted by Crippen LogP contribution is -2.27. The zero-order valence-electron chi connectivity index (χ0n) is 6.52. The highest BCUT2D eigenvalue weighted by Crippen LogP contribution is 2.13. The molecule has 0 unspecified atom stereocenters. The third-order valence-electron chi connectivity index (χ3n) is 1.46. The van der Waals surface area contributed by atoms with E-state index in [1.807, 2.05) is 0 Å². The molecule has 4 nitrogen and oxygen atoms in total. The first-order valence-corrected chi connectivity index (χ1v) is 3.27. The first-order valence-electron chi connectivity index (χ1n) is 3.27. The van der Waals surface area contributed by atoms with Crippen molar-refractivity contribution in [1.82, 2.24) is 9.55 Å². The molecule has 0 spiro atoms. The van der Waals surface area contributed by atoms with Crippen molar-refractivity contribution in [1.29, 1.82) is 0 Å². The summed E-state index contributed by atoms with van der Waals surface area (Å²) in [6, 6.07) is 0. The van der Waals surface area contributed by atoms with E-state index in [1.54, 1.807) is 37.1 Å². The fourth-order valence-electron chi connectivity index (χ4n) is 0.756. The van der Waals surface area contributed by atoms with Crippen LogP contribution in [0, 0.1) is 0 Å². The van der Waals surface area contributed by atoms with Crippen LogP contribution in [-0.2, 0) is 15.3 Å². The van der Waals surface area contributed by atoms with E-state index in [0.29, 0.717) is 6.47 Å². The lowest BCUT2D eigenvalue weighted by atomic mass is 10.3. The molecule has 0 amide bonds. The van der Waals surface area contributed by atoms with E-state index in [-0.39, 0.29) is 0 Å². The molecule has 0 aromatic carbocycles. The van der Waals surface area contributed by atoms with Gasteiger partial charge in [-0.15, -0.1) is 0 Å². The highest BCUT2D eigenvalue weighted by Gasteiger charge is 2.19. The van der Waals surface area contributed by atoms with Gasteiger partial charge >= 0.3 is 0 Å². The van der Waals surface area contributed by atoms with Gasteiger partial charge in [0, 0.05) is 12.4 Å². The van der Waals surface area contributed by atoms with Crippen molar-refractivity contribution in [3.63, 3.8) is 0 Å². The lowest BCUT2D eigenvalue weighted by Gasteiger charge is -2.23. The smallest absolute Gasteiger partial charge is 0.295 e. The third kappa shape index (κ3) is 1.58. The summed E-state index contributed by atoms with van der Waals surface area (Å²) in [4.78, 5) is 13.9. The molecular weight excluding hydrogens is 144 g/mol. The Bertz CT molecular complexity index is 229. The fourth-order valence-corrected chi connectivity index (χ4v) is 0.756. The molecule has 0 N–H and O–H groups in total. The number of hydrogen-bond acceptors (Lipinski definition) is 3. The van der Waals surface area contributed by atoms with Crippen LogP contribution >= 0.6 is 0 Å². The van der Waals surface area contributed by atoms with Crippen LogP contribution in [0.2, 0.25) is 0 Å². The Kier molecular flexibility index (Phi) is 1.94. The number of rotatable bonds is 3. The summed E-state index contributed by atoms with van der Waals surface area (Å²) in [5.41, 5.74) is -0.641. The van der Waals surface area contributed by atoms with Gasteiger partial charge in [0.1, 0.15) is 0 Å². The van der Waals surface area contributed by atoms with E-state index in [0.717, 1.165) is 0 Å². The molecule has 0 aliphatic rings. The fraction of sp³-hybridized carbons (Fsp3) is 0.429. The minimum Gasteiger partial charge on any atom is -0.441 e. The molecule has 0 fully saturated rings. The summed E-state index contributed by atoms with van der Waals surface area (Å²) in [5.74, 6) is 0. The van der Waals surface area contributed by atoms with Crippen molar-refractivity contribution in [2.75, 3.05) is 0 Å². The van der Waals surface area contributed by atoms with Crippen LogP contribution in [0.25, 0.3) is 0 Å². The highest BCUT2D eigenvalue weighted by molar-refractivity contribution is 5.37. The Morgan fingerprint density at radius 2 is 2.36 bits per heavy atom. The van der Waals surface area contributed by atoms with E-state index in [1.165, 1.54) is 0 Å². The van der Waals surface area contributed by atoms with Crippen LogP contribution in [0.3, 0.4) is 0 Å². The third-order valence-corrected chi connectivity index (χ3v) is 1.46. The van der Waals surface area contributed by atoms with Crippen molar-refractivity contribution in [2.24, 2.45) is 0 Å². The van der Waals surface area contributed by atoms with Crippen LogP contribution in [0.4, 0.5) is 0 Å². The second-order valence-electron chi connectivity index (χ2n) is 2.63. The molecule has 0 bridgehead atoms. The molecule has 0 aliphatic heterocycles. The van der Waals surface area contributed by atoms with Gasteiger partial charge in [0.05, 0.1) is 6.33 Å². The van der Waals surface area contributed by atoms with E-state index >= 15 is 0 Å². The van der Waals surface area contributed by atoms with Crippen LogP contribution in [0.15, 0.2) is 18.7 Å². The van der Waals surface area contributed by atoms with Gasteiger partial charge in [0.25, 0.3) is 6.47 Å². The SMILES string of the molecule is CC(C)(OC=O)n1ccnc1. The number of nitrogens with zero attached hydrogens (tertiary/aromatic N) is 2. The van der Waals surface area contributed by atoms with Crippen molar-refractivity contribution in [2.45, 2.75) is 19.6 Å². The average molecular weight is 154 g/mol. The van der Waals surface area contributed by atoms with Crippen LogP contribution < -0.4 is 0 Å².